The summed E-state index contributed by atoms with van der Waals surface area (Å²) < 4.78 is 16.3. The number of aliphatic hydroxyl groups excluding tert-OH is 1. The lowest BCUT2D eigenvalue weighted by Crippen LogP contribution is -2.29. The molecule has 0 spiro atoms. The number of ketones is 1. The third-order valence-electron chi connectivity index (χ3n) is 6.21. The van der Waals surface area contributed by atoms with Gasteiger partial charge in [0.05, 0.1) is 30.5 Å². The minimum absolute atomic E-state index is 0.0983. The SMILES string of the molecule is C=CCOc1ccc(C2/C(=C(\O)c3ccc(OCC)c(C)c3)C(=O)C(=O)N2c2nc(C)c(C(=O)OCC)s2)cc1. The van der Waals surface area contributed by atoms with E-state index in [4.69, 9.17) is 14.2 Å². The van der Waals surface area contributed by atoms with Gasteiger partial charge in [-0.05, 0) is 69.2 Å². The summed E-state index contributed by atoms with van der Waals surface area (Å²) in [4.78, 5) is 45.4. The highest BCUT2D eigenvalue weighted by atomic mass is 32.1. The lowest BCUT2D eigenvalue weighted by Gasteiger charge is -2.23. The molecule has 1 unspecified atom stereocenters. The summed E-state index contributed by atoms with van der Waals surface area (Å²) in [5, 5.41) is 11.6. The molecule has 4 rings (SSSR count). The van der Waals surface area contributed by atoms with Crippen molar-refractivity contribution in [1.29, 1.82) is 0 Å². The van der Waals surface area contributed by atoms with Crippen molar-refractivity contribution in [3.8, 4) is 11.5 Å². The van der Waals surface area contributed by atoms with Crippen LogP contribution in [-0.2, 0) is 14.3 Å². The van der Waals surface area contributed by atoms with E-state index in [2.05, 4.69) is 11.6 Å². The van der Waals surface area contributed by atoms with Crippen LogP contribution in [0.25, 0.3) is 5.76 Å². The first-order valence-electron chi connectivity index (χ1n) is 12.7. The molecule has 0 saturated carbocycles. The number of aryl methyl sites for hydroxylation is 2. The molecule has 1 saturated heterocycles. The quantitative estimate of drug-likeness (QED) is 0.113. The molecule has 1 aliphatic rings. The maximum Gasteiger partial charge on any atom is 0.350 e. The number of hydrogen-bond acceptors (Lipinski definition) is 9. The number of nitrogens with zero attached hydrogens (tertiary/aromatic N) is 2. The van der Waals surface area contributed by atoms with Crippen LogP contribution < -0.4 is 14.4 Å². The van der Waals surface area contributed by atoms with Crippen molar-refractivity contribution < 1.29 is 33.7 Å². The zero-order chi connectivity index (χ0) is 29.0. The summed E-state index contributed by atoms with van der Waals surface area (Å²) in [6.07, 6.45) is 1.62. The lowest BCUT2D eigenvalue weighted by molar-refractivity contribution is -0.132. The van der Waals surface area contributed by atoms with Crippen LogP contribution in [0.1, 0.15) is 51.9 Å². The second-order valence-electron chi connectivity index (χ2n) is 8.88. The number of rotatable bonds is 10. The van der Waals surface area contributed by atoms with E-state index >= 15 is 0 Å². The normalized spacial score (nSPS) is 16.2. The molecule has 208 valence electrons. The van der Waals surface area contributed by atoms with E-state index in [-0.39, 0.29) is 27.9 Å². The van der Waals surface area contributed by atoms with Gasteiger partial charge in [-0.3, -0.25) is 14.5 Å². The molecular weight excluding hydrogens is 532 g/mol. The summed E-state index contributed by atoms with van der Waals surface area (Å²) in [7, 11) is 0. The van der Waals surface area contributed by atoms with Gasteiger partial charge in [-0.15, -0.1) is 0 Å². The Bertz CT molecular complexity index is 1490. The Morgan fingerprint density at radius 1 is 1.10 bits per heavy atom. The summed E-state index contributed by atoms with van der Waals surface area (Å²) in [5.74, 6) is -1.42. The molecule has 40 heavy (non-hydrogen) atoms. The summed E-state index contributed by atoms with van der Waals surface area (Å²) in [6.45, 7) is 11.6. The van der Waals surface area contributed by atoms with Crippen molar-refractivity contribution in [2.45, 2.75) is 33.7 Å². The van der Waals surface area contributed by atoms with Crippen molar-refractivity contribution in [1.82, 2.24) is 4.98 Å². The van der Waals surface area contributed by atoms with Gasteiger partial charge in [0.2, 0.25) is 0 Å². The fourth-order valence-corrected chi connectivity index (χ4v) is 5.38. The molecule has 0 aliphatic carbocycles. The van der Waals surface area contributed by atoms with Gasteiger partial charge >= 0.3 is 11.9 Å². The molecular formula is C30H30N2O7S. The fraction of sp³-hybridized carbons (Fsp3) is 0.267. The molecule has 9 nitrogen and oxygen atoms in total. The first-order chi connectivity index (χ1) is 19.2. The van der Waals surface area contributed by atoms with E-state index in [1.165, 1.54) is 4.90 Å². The molecule has 10 heteroatoms. The van der Waals surface area contributed by atoms with Gasteiger partial charge in [-0.25, -0.2) is 9.78 Å². The number of esters is 1. The van der Waals surface area contributed by atoms with Crippen LogP contribution in [0.2, 0.25) is 0 Å². The molecule has 2 aromatic carbocycles. The van der Waals surface area contributed by atoms with E-state index in [1.54, 1.807) is 62.4 Å². The number of thiazole rings is 1. The maximum atomic E-state index is 13.5. The van der Waals surface area contributed by atoms with Crippen LogP contribution in [0.5, 0.6) is 11.5 Å². The Labute approximate surface area is 236 Å². The van der Waals surface area contributed by atoms with Crippen LogP contribution >= 0.6 is 11.3 Å². The van der Waals surface area contributed by atoms with Crippen molar-refractivity contribution in [3.63, 3.8) is 0 Å². The van der Waals surface area contributed by atoms with Crippen molar-refractivity contribution in [2.75, 3.05) is 24.7 Å². The number of ether oxygens (including phenoxy) is 3. The monoisotopic (exact) mass is 562 g/mol. The maximum absolute atomic E-state index is 13.5. The third-order valence-corrected chi connectivity index (χ3v) is 7.35. The van der Waals surface area contributed by atoms with Gasteiger partial charge in [0.15, 0.2) is 5.13 Å². The Balaban J connectivity index is 1.87. The average Bonchev–Trinajstić information content (AvgIpc) is 3.45. The average molecular weight is 563 g/mol. The smallest absolute Gasteiger partial charge is 0.350 e. The van der Waals surface area contributed by atoms with E-state index in [9.17, 15) is 19.5 Å². The van der Waals surface area contributed by atoms with Crippen LogP contribution in [-0.4, -0.2) is 47.6 Å². The van der Waals surface area contributed by atoms with E-state index in [0.717, 1.165) is 16.9 Å². The number of benzene rings is 2. The van der Waals surface area contributed by atoms with Gasteiger partial charge in [0.25, 0.3) is 5.78 Å². The predicted octanol–water partition coefficient (Wildman–Crippen LogP) is 5.53. The van der Waals surface area contributed by atoms with Crippen LogP contribution in [0.15, 0.2) is 60.7 Å². The van der Waals surface area contributed by atoms with E-state index in [0.29, 0.717) is 41.5 Å². The second kappa shape index (κ2) is 12.2. The molecule has 1 aliphatic heterocycles. The zero-order valence-corrected chi connectivity index (χ0v) is 23.5. The summed E-state index contributed by atoms with van der Waals surface area (Å²) >= 11 is 0.953. The minimum Gasteiger partial charge on any atom is -0.507 e. The number of anilines is 1. The number of aliphatic hydroxyl groups is 1. The van der Waals surface area contributed by atoms with E-state index < -0.39 is 23.7 Å². The molecule has 3 aromatic rings. The second-order valence-corrected chi connectivity index (χ2v) is 9.86. The van der Waals surface area contributed by atoms with Gasteiger partial charge in [0, 0.05) is 5.56 Å². The van der Waals surface area contributed by atoms with E-state index in [1.807, 2.05) is 13.8 Å². The zero-order valence-electron chi connectivity index (χ0n) is 22.7. The third kappa shape index (κ3) is 5.48. The molecule has 0 bridgehead atoms. The summed E-state index contributed by atoms with van der Waals surface area (Å²) in [6, 6.07) is 10.9. The van der Waals surface area contributed by atoms with Gasteiger partial charge in [0.1, 0.15) is 28.7 Å². The number of carbonyl (C=O) groups excluding carboxylic acids is 3. The van der Waals surface area contributed by atoms with Crippen molar-refractivity contribution in [2.24, 2.45) is 0 Å². The molecule has 1 N–H and O–H groups in total. The Hall–Kier alpha value is -4.44. The van der Waals surface area contributed by atoms with Crippen LogP contribution in [0.3, 0.4) is 0 Å². The van der Waals surface area contributed by atoms with Gasteiger partial charge < -0.3 is 19.3 Å². The Morgan fingerprint density at radius 2 is 1.82 bits per heavy atom. The fourth-order valence-electron chi connectivity index (χ4n) is 4.39. The van der Waals surface area contributed by atoms with Crippen LogP contribution in [0, 0.1) is 13.8 Å². The molecule has 1 atom stereocenters. The first kappa shape index (κ1) is 28.6. The van der Waals surface area contributed by atoms with Crippen molar-refractivity contribution in [3.05, 3.63) is 88.0 Å². The van der Waals surface area contributed by atoms with Crippen molar-refractivity contribution >= 4 is 39.9 Å². The largest absolute Gasteiger partial charge is 0.507 e. The molecule has 0 radical (unpaired) electrons. The number of Topliss-reactive ketones (excluding diaryl/α,β-unsaturated/α-hetero) is 1. The number of aromatic nitrogens is 1. The number of amides is 1. The number of carbonyl (C=O) groups is 3. The molecule has 1 fully saturated rings. The Kier molecular flexibility index (Phi) is 8.69. The standard InChI is InChI=1S/C30H30N2O7S/c1-6-15-39-21-12-9-19(10-13-21)24-23(25(33)20-11-14-22(37-7-2)17(4)16-20)26(34)28(35)32(24)30-31-18(5)27(40-30)29(36)38-8-3/h6,9-14,16,24,33H,1,7-8,15H2,2-5H3/b25-23+. The minimum atomic E-state index is -1.01. The Morgan fingerprint density at radius 3 is 2.45 bits per heavy atom. The number of hydrogen-bond donors (Lipinski definition) is 1. The highest BCUT2D eigenvalue weighted by molar-refractivity contribution is 7.17. The van der Waals surface area contributed by atoms with Gasteiger partial charge in [-0.1, -0.05) is 36.1 Å². The lowest BCUT2D eigenvalue weighted by atomic mass is 9.95. The topological polar surface area (TPSA) is 115 Å². The highest BCUT2D eigenvalue weighted by Gasteiger charge is 2.48. The summed E-state index contributed by atoms with van der Waals surface area (Å²) in [5.41, 5.74) is 1.93. The highest BCUT2D eigenvalue weighted by Crippen LogP contribution is 2.44. The van der Waals surface area contributed by atoms with Crippen LogP contribution in [0.4, 0.5) is 5.13 Å². The molecule has 1 amide bonds. The predicted molar refractivity (Wildman–Crippen MR) is 152 cm³/mol. The molecule has 1 aromatic heterocycles. The molecule has 2 heterocycles. The first-order valence-corrected chi connectivity index (χ1v) is 13.6. The van der Waals surface area contributed by atoms with Gasteiger partial charge in [-0.2, -0.15) is 0 Å².